The molecule has 2 N–H and O–H groups in total. The second kappa shape index (κ2) is 7.36. The van der Waals surface area contributed by atoms with E-state index in [1.54, 1.807) is 12.1 Å². The van der Waals surface area contributed by atoms with E-state index in [4.69, 9.17) is 0 Å². The van der Waals surface area contributed by atoms with Gasteiger partial charge in [-0.3, -0.25) is 20.4 Å². The highest BCUT2D eigenvalue weighted by atomic mass is 19.1. The molecule has 0 unspecified atom stereocenters. The average molecular weight is 300 g/mol. The predicted molar refractivity (Wildman–Crippen MR) is 81.5 cm³/mol. The molecule has 2 aromatic rings. The van der Waals surface area contributed by atoms with Gasteiger partial charge in [-0.15, -0.1) is 0 Å². The fraction of sp³-hybridized carbons (Fsp3) is 0.176. The standard InChI is InChI=1S/C17H17FN2O2/c1-2-12-3-7-14(8-4-12)17(22)20-19-16(21)11-13-5-9-15(18)10-6-13/h3-10H,2,11H2,1H3,(H,19,21)(H,20,22). The van der Waals surface area contributed by atoms with Crippen LogP contribution in [0.25, 0.3) is 0 Å². The molecule has 0 saturated carbocycles. The topological polar surface area (TPSA) is 58.2 Å². The van der Waals surface area contributed by atoms with Crippen LogP contribution in [0.4, 0.5) is 4.39 Å². The van der Waals surface area contributed by atoms with Crippen molar-refractivity contribution in [3.63, 3.8) is 0 Å². The van der Waals surface area contributed by atoms with E-state index < -0.39 is 0 Å². The molecule has 0 bridgehead atoms. The first-order chi connectivity index (χ1) is 10.6. The minimum atomic E-state index is -0.380. The molecule has 2 amide bonds. The molecule has 2 rings (SSSR count). The molecule has 114 valence electrons. The molecule has 0 saturated heterocycles. The van der Waals surface area contributed by atoms with Gasteiger partial charge < -0.3 is 0 Å². The fourth-order valence-electron chi connectivity index (χ4n) is 1.92. The summed E-state index contributed by atoms with van der Waals surface area (Å²) in [7, 11) is 0. The highest BCUT2D eigenvalue weighted by Crippen LogP contribution is 2.05. The minimum Gasteiger partial charge on any atom is -0.273 e. The lowest BCUT2D eigenvalue weighted by Crippen LogP contribution is -2.42. The van der Waals surface area contributed by atoms with Gasteiger partial charge in [0.25, 0.3) is 5.91 Å². The molecule has 5 heteroatoms. The normalized spacial score (nSPS) is 10.1. The third-order valence-electron chi connectivity index (χ3n) is 3.22. The summed E-state index contributed by atoms with van der Waals surface area (Å²) in [6, 6.07) is 12.8. The largest absolute Gasteiger partial charge is 0.273 e. The SMILES string of the molecule is CCc1ccc(C(=O)NNC(=O)Cc2ccc(F)cc2)cc1. The van der Waals surface area contributed by atoms with Crippen LogP contribution in [0.3, 0.4) is 0 Å². The van der Waals surface area contributed by atoms with Crippen molar-refractivity contribution in [1.29, 1.82) is 0 Å². The third kappa shape index (κ3) is 4.41. The van der Waals surface area contributed by atoms with Gasteiger partial charge in [0.1, 0.15) is 5.82 Å². The van der Waals surface area contributed by atoms with Crippen molar-refractivity contribution in [2.45, 2.75) is 19.8 Å². The van der Waals surface area contributed by atoms with Crippen LogP contribution in [-0.2, 0) is 17.6 Å². The number of carbonyl (C=O) groups excluding carboxylic acids is 2. The van der Waals surface area contributed by atoms with Gasteiger partial charge in [0.15, 0.2) is 0 Å². The van der Waals surface area contributed by atoms with Crippen LogP contribution in [0, 0.1) is 5.82 Å². The number of amides is 2. The molecule has 0 aliphatic rings. The molecule has 0 aliphatic heterocycles. The van der Waals surface area contributed by atoms with Crippen molar-refractivity contribution >= 4 is 11.8 Å². The molecule has 2 aromatic carbocycles. The predicted octanol–water partition coefficient (Wildman–Crippen LogP) is 2.39. The lowest BCUT2D eigenvalue weighted by molar-refractivity contribution is -0.121. The first kappa shape index (κ1) is 15.7. The Morgan fingerprint density at radius 1 is 0.909 bits per heavy atom. The summed E-state index contributed by atoms with van der Waals surface area (Å²) >= 11 is 0. The Hall–Kier alpha value is -2.69. The van der Waals surface area contributed by atoms with Crippen molar-refractivity contribution in [2.75, 3.05) is 0 Å². The summed E-state index contributed by atoms with van der Waals surface area (Å²) in [6.07, 6.45) is 0.964. The van der Waals surface area contributed by atoms with Crippen molar-refractivity contribution < 1.29 is 14.0 Å². The van der Waals surface area contributed by atoms with Crippen LogP contribution < -0.4 is 10.9 Å². The van der Waals surface area contributed by atoms with E-state index in [1.807, 2.05) is 19.1 Å². The summed E-state index contributed by atoms with van der Waals surface area (Å²) in [5.74, 6) is -1.10. The number of hydrazine groups is 1. The second-order valence-electron chi connectivity index (χ2n) is 4.86. The molecule has 0 aliphatic carbocycles. The van der Waals surface area contributed by atoms with Crippen molar-refractivity contribution in [1.82, 2.24) is 10.9 Å². The zero-order valence-electron chi connectivity index (χ0n) is 12.2. The quantitative estimate of drug-likeness (QED) is 0.852. The molecule has 0 fully saturated rings. The summed E-state index contributed by atoms with van der Waals surface area (Å²) < 4.78 is 12.8. The number of halogens is 1. The maximum absolute atomic E-state index is 12.8. The number of benzene rings is 2. The maximum atomic E-state index is 12.8. The van der Waals surface area contributed by atoms with Gasteiger partial charge in [-0.1, -0.05) is 31.2 Å². The Morgan fingerprint density at radius 2 is 1.50 bits per heavy atom. The third-order valence-corrected chi connectivity index (χ3v) is 3.22. The number of carbonyl (C=O) groups is 2. The zero-order chi connectivity index (χ0) is 15.9. The summed E-state index contributed by atoms with van der Waals surface area (Å²) in [5, 5.41) is 0. The average Bonchev–Trinajstić information content (AvgIpc) is 2.55. The van der Waals surface area contributed by atoms with Gasteiger partial charge in [0.05, 0.1) is 6.42 Å². The number of rotatable bonds is 4. The second-order valence-corrected chi connectivity index (χ2v) is 4.86. The van der Waals surface area contributed by atoms with Gasteiger partial charge in [-0.2, -0.15) is 0 Å². The summed E-state index contributed by atoms with van der Waals surface area (Å²) in [5.41, 5.74) is 6.97. The van der Waals surface area contributed by atoms with Crippen LogP contribution in [0.1, 0.15) is 28.4 Å². The molecule has 0 aromatic heterocycles. The van der Waals surface area contributed by atoms with Gasteiger partial charge in [-0.05, 0) is 41.8 Å². The molecule has 0 heterocycles. The Balaban J connectivity index is 1.84. The minimum absolute atomic E-state index is 0.0648. The van der Waals surface area contributed by atoms with Gasteiger partial charge in [0, 0.05) is 5.56 Å². The Bertz CT molecular complexity index is 651. The highest BCUT2D eigenvalue weighted by Gasteiger charge is 2.08. The van der Waals surface area contributed by atoms with E-state index in [0.717, 1.165) is 12.0 Å². The van der Waals surface area contributed by atoms with E-state index >= 15 is 0 Å². The van der Waals surface area contributed by atoms with Gasteiger partial charge in [0.2, 0.25) is 5.91 Å². The first-order valence-corrected chi connectivity index (χ1v) is 7.01. The van der Waals surface area contributed by atoms with Crippen LogP contribution in [0.2, 0.25) is 0 Å². The molecule has 0 radical (unpaired) electrons. The smallest absolute Gasteiger partial charge is 0.269 e. The van der Waals surface area contributed by atoms with Crippen LogP contribution in [-0.4, -0.2) is 11.8 Å². The number of hydrogen-bond donors (Lipinski definition) is 2. The van der Waals surface area contributed by atoms with Crippen molar-refractivity contribution in [3.8, 4) is 0 Å². The summed E-state index contributed by atoms with van der Waals surface area (Å²) in [6.45, 7) is 2.03. The van der Waals surface area contributed by atoms with Crippen molar-refractivity contribution in [2.24, 2.45) is 0 Å². The first-order valence-electron chi connectivity index (χ1n) is 7.01. The monoisotopic (exact) mass is 300 g/mol. The van der Waals surface area contributed by atoms with E-state index in [1.165, 1.54) is 24.3 Å². The highest BCUT2D eigenvalue weighted by molar-refractivity contribution is 5.95. The zero-order valence-corrected chi connectivity index (χ0v) is 12.2. The molecule has 4 nitrogen and oxygen atoms in total. The Morgan fingerprint density at radius 3 is 2.09 bits per heavy atom. The molecule has 22 heavy (non-hydrogen) atoms. The Labute approximate surface area is 128 Å². The maximum Gasteiger partial charge on any atom is 0.269 e. The van der Waals surface area contributed by atoms with E-state index in [0.29, 0.717) is 11.1 Å². The molecular weight excluding hydrogens is 283 g/mol. The lowest BCUT2D eigenvalue weighted by Gasteiger charge is -2.08. The molecule has 0 spiro atoms. The number of aryl methyl sites for hydroxylation is 1. The van der Waals surface area contributed by atoms with Gasteiger partial charge >= 0.3 is 0 Å². The number of nitrogens with one attached hydrogen (secondary N) is 2. The lowest BCUT2D eigenvalue weighted by atomic mass is 10.1. The van der Waals surface area contributed by atoms with Gasteiger partial charge in [-0.25, -0.2) is 4.39 Å². The van der Waals surface area contributed by atoms with Crippen LogP contribution in [0.5, 0.6) is 0 Å². The molecular formula is C17H17FN2O2. The Kier molecular flexibility index (Phi) is 5.25. The van der Waals surface area contributed by atoms with E-state index in [-0.39, 0.29) is 24.1 Å². The van der Waals surface area contributed by atoms with E-state index in [9.17, 15) is 14.0 Å². The van der Waals surface area contributed by atoms with E-state index in [2.05, 4.69) is 10.9 Å². The van der Waals surface area contributed by atoms with Crippen LogP contribution >= 0.6 is 0 Å². The van der Waals surface area contributed by atoms with Crippen LogP contribution in [0.15, 0.2) is 48.5 Å². The van der Waals surface area contributed by atoms with Crippen molar-refractivity contribution in [3.05, 3.63) is 71.0 Å². The molecule has 0 atom stereocenters. The fourth-order valence-corrected chi connectivity index (χ4v) is 1.92. The number of hydrogen-bond acceptors (Lipinski definition) is 2. The summed E-state index contributed by atoms with van der Waals surface area (Å²) in [4.78, 5) is 23.6.